The topological polar surface area (TPSA) is 0 Å². The van der Waals surface area contributed by atoms with Crippen LogP contribution in [0.2, 0.25) is 13.0 Å². The molecule has 0 radical (unpaired) electrons. The molecule has 2 aliphatic carbocycles. The molecule has 0 bridgehead atoms. The summed E-state index contributed by atoms with van der Waals surface area (Å²) >= 11 is -5.93. The van der Waals surface area contributed by atoms with E-state index in [4.69, 9.17) is 0 Å². The first-order chi connectivity index (χ1) is 27.5. The second-order valence-corrected chi connectivity index (χ2v) is 87.9. The molecule has 57 heavy (non-hydrogen) atoms. The standard InChI is InChI=1S/2C20H15.C6H5.2C4H9.CH3.Hf.H2Si/c2*1-14-12-16-8-5-11-19(20(16)13-14)18-10-4-7-15-6-2-3-9-17(15)18;1-2-4-6-5-3-1;2*1-3-4-2;;;/h2*2-13H,1H3;1-5H;2*1,3-4H2,2H3;1H3;;1H2. The Morgan fingerprint density at radius 3 is 1.30 bits per heavy atom. The number of allylic oxidation sites excluding steroid dienone is 2. The number of rotatable bonds is 11. The Kier molecular flexibility index (Phi) is 8.75. The van der Waals surface area contributed by atoms with Gasteiger partial charge >= 0.3 is 339 Å². The Morgan fingerprint density at radius 2 is 0.842 bits per heavy atom. The van der Waals surface area contributed by atoms with Crippen LogP contribution in [0.5, 0.6) is 0 Å². The maximum atomic E-state index is 3.02. The summed E-state index contributed by atoms with van der Waals surface area (Å²) in [6.07, 6.45) is 10.1. The zero-order chi connectivity index (χ0) is 39.5. The van der Waals surface area contributed by atoms with Crippen LogP contribution in [0, 0.1) is 0 Å². The van der Waals surface area contributed by atoms with E-state index in [1.807, 2.05) is 0 Å². The van der Waals surface area contributed by atoms with Gasteiger partial charge in [-0.1, -0.05) is 0 Å². The van der Waals surface area contributed by atoms with Gasteiger partial charge in [0.1, 0.15) is 0 Å². The van der Waals surface area contributed by atoms with Gasteiger partial charge in [-0.15, -0.1) is 0 Å². The number of unbranched alkanes of at least 4 members (excludes halogenated alkanes) is 2. The van der Waals surface area contributed by atoms with Crippen LogP contribution in [0.15, 0.2) is 163 Å². The van der Waals surface area contributed by atoms with Gasteiger partial charge in [-0.25, -0.2) is 0 Å². The van der Waals surface area contributed by atoms with Crippen LogP contribution >= 0.6 is 0 Å². The fourth-order valence-corrected chi connectivity index (χ4v) is 84.0. The quantitative estimate of drug-likeness (QED) is 0.113. The van der Waals surface area contributed by atoms with E-state index in [9.17, 15) is 0 Å². The van der Waals surface area contributed by atoms with Crippen molar-refractivity contribution >= 4 is 44.0 Å². The molecule has 0 N–H and O–H groups in total. The third-order valence-corrected chi connectivity index (χ3v) is 82.2. The van der Waals surface area contributed by atoms with Gasteiger partial charge in [0.25, 0.3) is 0 Å². The molecule has 0 heterocycles. The Hall–Kier alpha value is -4.37. The molecule has 2 heteroatoms. The fraction of sp³-hybridized carbons (Fsp3) is 0.236. The van der Waals surface area contributed by atoms with Gasteiger partial charge in [-0.3, -0.25) is 0 Å². The normalized spacial score (nSPS) is 18.2. The first-order valence-electron chi connectivity index (χ1n) is 21.7. The summed E-state index contributed by atoms with van der Waals surface area (Å²) in [6.45, 7) is 12.5. The predicted molar refractivity (Wildman–Crippen MR) is 251 cm³/mol. The van der Waals surface area contributed by atoms with Crippen LogP contribution in [0.4, 0.5) is 0 Å². The molecule has 2 unspecified atom stereocenters. The Labute approximate surface area is 336 Å². The third-order valence-electron chi connectivity index (χ3n) is 16.2. The van der Waals surface area contributed by atoms with E-state index in [1.165, 1.54) is 89.0 Å². The summed E-state index contributed by atoms with van der Waals surface area (Å²) in [5, 5.41) is 5.26. The van der Waals surface area contributed by atoms with E-state index in [2.05, 4.69) is 203 Å². The molecular weight excluding hydrogens is 867 g/mol. The second kappa shape index (κ2) is 13.1. The van der Waals surface area contributed by atoms with E-state index < -0.39 is 14.2 Å². The van der Waals surface area contributed by atoms with Crippen molar-refractivity contribution < 1.29 is 14.2 Å². The number of hydrogen-bond donors (Lipinski definition) is 0. The molecule has 0 saturated carbocycles. The van der Waals surface area contributed by atoms with E-state index >= 15 is 0 Å². The van der Waals surface area contributed by atoms with Crippen LogP contribution in [0.25, 0.3) is 56.0 Å². The van der Waals surface area contributed by atoms with Crippen molar-refractivity contribution in [2.24, 2.45) is 0 Å². The Balaban J connectivity index is 1.42. The monoisotopic (exact) mass is 926 g/mol. The molecule has 286 valence electrons. The molecule has 0 nitrogen and oxygen atoms in total. The molecule has 0 spiro atoms. The van der Waals surface area contributed by atoms with Crippen LogP contribution in [0.1, 0.15) is 83.0 Å². The zero-order valence-electron chi connectivity index (χ0n) is 34.7. The molecule has 2 aliphatic rings. The first-order valence-corrected chi connectivity index (χ1v) is 44.6. The molecule has 7 aromatic carbocycles. The van der Waals surface area contributed by atoms with Gasteiger partial charge in [-0.05, 0) is 0 Å². The van der Waals surface area contributed by atoms with Crippen molar-refractivity contribution in [1.82, 2.24) is 0 Å². The fourth-order valence-electron chi connectivity index (χ4n) is 14.1. The molecular formula is C55H58HfSi. The summed E-state index contributed by atoms with van der Waals surface area (Å²) in [7, 11) is 0. The number of fused-ring (bicyclic) bond motifs is 4. The van der Waals surface area contributed by atoms with Crippen molar-refractivity contribution in [2.45, 2.75) is 73.8 Å². The summed E-state index contributed by atoms with van der Waals surface area (Å²) in [6, 6.07) is 58.5. The molecule has 9 rings (SSSR count). The third kappa shape index (κ3) is 5.12. The van der Waals surface area contributed by atoms with Crippen LogP contribution in [-0.4, -0.2) is 6.94 Å². The van der Waals surface area contributed by atoms with Gasteiger partial charge in [0.15, 0.2) is 0 Å². The second-order valence-electron chi connectivity index (χ2n) is 19.7. The van der Waals surface area contributed by atoms with Gasteiger partial charge in [0, 0.05) is 0 Å². The van der Waals surface area contributed by atoms with Crippen molar-refractivity contribution in [3.05, 3.63) is 185 Å². The summed E-state index contributed by atoms with van der Waals surface area (Å²) < 4.78 is 7.81. The SMILES string of the molecule is CCC[CH2][Hf]([CH3])(=[SiH2])([CH2]CCC)([c]1ccccc1)([CH]1C(C)=Cc2c(-c3cccc4ccccc34)cccc21)[CH]1C(C)=Cc2c(-c3cccc4ccccc34)cccc21. The van der Waals surface area contributed by atoms with E-state index in [-0.39, 0.29) is 0 Å². The molecule has 0 amide bonds. The van der Waals surface area contributed by atoms with Crippen molar-refractivity contribution in [3.63, 3.8) is 0 Å². The average molecular weight is 926 g/mol. The summed E-state index contributed by atoms with van der Waals surface area (Å²) in [5.41, 5.74) is 14.5. The Morgan fingerprint density at radius 1 is 0.456 bits per heavy atom. The molecule has 7 aromatic rings. The molecule has 0 fully saturated rings. The van der Waals surface area contributed by atoms with E-state index in [1.54, 1.807) is 25.6 Å². The maximum absolute atomic E-state index is 5.93. The predicted octanol–water partition coefficient (Wildman–Crippen LogP) is 15.1. The van der Waals surface area contributed by atoms with Gasteiger partial charge in [0.05, 0.1) is 0 Å². The van der Waals surface area contributed by atoms with Crippen LogP contribution in [0.3, 0.4) is 0 Å². The van der Waals surface area contributed by atoms with Gasteiger partial charge in [-0.2, -0.15) is 0 Å². The molecule has 0 aliphatic heterocycles. The van der Waals surface area contributed by atoms with Crippen molar-refractivity contribution in [2.75, 3.05) is 0 Å². The van der Waals surface area contributed by atoms with Crippen molar-refractivity contribution in [3.8, 4) is 22.3 Å². The minimum atomic E-state index is -5.93. The van der Waals surface area contributed by atoms with Gasteiger partial charge < -0.3 is 0 Å². The number of hydrogen-bond acceptors (Lipinski definition) is 0. The van der Waals surface area contributed by atoms with Crippen LogP contribution in [-0.2, 0) is 14.2 Å². The summed E-state index contributed by atoms with van der Waals surface area (Å²) in [5.74, 6) is 0. The van der Waals surface area contributed by atoms with E-state index in [0.717, 1.165) is 0 Å². The van der Waals surface area contributed by atoms with Gasteiger partial charge in [0.2, 0.25) is 0 Å². The molecule has 0 saturated heterocycles. The first kappa shape index (κ1) is 38.2. The average Bonchev–Trinajstić information content (AvgIpc) is 3.80. The summed E-state index contributed by atoms with van der Waals surface area (Å²) in [4.78, 5) is 0. The van der Waals surface area contributed by atoms with Crippen LogP contribution < -0.4 is 3.32 Å². The van der Waals surface area contributed by atoms with E-state index in [0.29, 0.717) is 7.35 Å². The zero-order valence-corrected chi connectivity index (χ0v) is 39.7. The molecule has 0 aromatic heterocycles. The Bertz CT molecular complexity index is 2760. The molecule has 2 atom stereocenters. The number of benzene rings is 7. The minimum absolute atomic E-state index is 0.304. The van der Waals surface area contributed by atoms with Crippen molar-refractivity contribution in [1.29, 1.82) is 0 Å².